The van der Waals surface area contributed by atoms with Crippen LogP contribution >= 0.6 is 0 Å². The zero-order valence-electron chi connectivity index (χ0n) is 18.1. The summed E-state index contributed by atoms with van der Waals surface area (Å²) in [7, 11) is 0. The topological polar surface area (TPSA) is 132 Å². The second-order valence-electron chi connectivity index (χ2n) is 8.32. The summed E-state index contributed by atoms with van der Waals surface area (Å²) in [6, 6.07) is 10.4. The van der Waals surface area contributed by atoms with Gasteiger partial charge in [0.15, 0.2) is 16.9 Å². The molecular formula is C22H27N9O. The van der Waals surface area contributed by atoms with Crippen molar-refractivity contribution >= 4 is 17.0 Å². The molecule has 1 aliphatic rings. The molecular weight excluding hydrogens is 406 g/mol. The predicted molar refractivity (Wildman–Crippen MR) is 120 cm³/mol. The number of nitrogen functional groups attached to an aromatic ring is 1. The maximum Gasteiger partial charge on any atom is 0.181 e. The highest BCUT2D eigenvalue weighted by atomic mass is 16.5. The molecule has 10 heteroatoms. The Labute approximate surface area is 185 Å². The third kappa shape index (κ3) is 4.54. The summed E-state index contributed by atoms with van der Waals surface area (Å²) in [5.74, 6) is 1.61. The molecule has 3 aromatic heterocycles. The van der Waals surface area contributed by atoms with Crippen molar-refractivity contribution in [1.29, 1.82) is 0 Å². The first kappa shape index (κ1) is 20.4. The summed E-state index contributed by atoms with van der Waals surface area (Å²) in [6.45, 7) is 5.06. The zero-order valence-corrected chi connectivity index (χ0v) is 18.1. The molecule has 0 amide bonds. The van der Waals surface area contributed by atoms with E-state index in [9.17, 15) is 0 Å². The van der Waals surface area contributed by atoms with E-state index in [1.54, 1.807) is 10.9 Å². The van der Waals surface area contributed by atoms with Crippen LogP contribution in [0.5, 0.6) is 5.75 Å². The fourth-order valence-electron chi connectivity index (χ4n) is 4.19. The van der Waals surface area contributed by atoms with E-state index < -0.39 is 0 Å². The molecule has 4 aromatic rings. The minimum atomic E-state index is 0.257. The molecule has 5 rings (SSSR count). The molecule has 32 heavy (non-hydrogen) atoms. The van der Waals surface area contributed by atoms with Gasteiger partial charge in [0.25, 0.3) is 0 Å². The van der Waals surface area contributed by atoms with Crippen molar-refractivity contribution in [2.24, 2.45) is 5.92 Å². The Morgan fingerprint density at radius 1 is 1.16 bits per heavy atom. The molecule has 0 radical (unpaired) electrons. The fourth-order valence-corrected chi connectivity index (χ4v) is 4.19. The Morgan fingerprint density at radius 2 is 2.00 bits per heavy atom. The first-order chi connectivity index (χ1) is 15.6. The van der Waals surface area contributed by atoms with Gasteiger partial charge in [-0.05, 0) is 56.3 Å². The van der Waals surface area contributed by atoms with Crippen molar-refractivity contribution in [3.05, 3.63) is 52.8 Å². The average molecular weight is 434 g/mol. The molecule has 4 N–H and O–H groups in total. The van der Waals surface area contributed by atoms with Gasteiger partial charge in [-0.3, -0.25) is 0 Å². The molecule has 1 aliphatic heterocycles. The molecule has 0 spiro atoms. The summed E-state index contributed by atoms with van der Waals surface area (Å²) in [4.78, 5) is 5.87. The van der Waals surface area contributed by atoms with Crippen molar-refractivity contribution in [3.63, 3.8) is 0 Å². The van der Waals surface area contributed by atoms with E-state index in [1.165, 1.54) is 24.0 Å². The highest BCUT2D eigenvalue weighted by Crippen LogP contribution is 2.24. The number of aryl methyl sites for hydroxylation is 1. The Kier molecular flexibility index (Phi) is 5.68. The number of H-pyrrole nitrogens is 1. The lowest BCUT2D eigenvalue weighted by atomic mass is 9.90. The Balaban J connectivity index is 1.25. The summed E-state index contributed by atoms with van der Waals surface area (Å²) < 4.78 is 5.93. The van der Waals surface area contributed by atoms with Crippen molar-refractivity contribution in [1.82, 2.24) is 40.7 Å². The van der Waals surface area contributed by atoms with Crippen LogP contribution in [0, 0.1) is 12.8 Å². The molecule has 1 fully saturated rings. The van der Waals surface area contributed by atoms with Gasteiger partial charge in [0.05, 0.1) is 12.2 Å². The highest BCUT2D eigenvalue weighted by molar-refractivity contribution is 5.78. The molecule has 1 aromatic carbocycles. The number of hydrogen-bond acceptors (Lipinski definition) is 8. The van der Waals surface area contributed by atoms with E-state index in [0.29, 0.717) is 29.3 Å². The van der Waals surface area contributed by atoms with Crippen molar-refractivity contribution in [2.75, 3.05) is 18.8 Å². The smallest absolute Gasteiger partial charge is 0.181 e. The molecule has 0 aliphatic carbocycles. The molecule has 166 valence electrons. The van der Waals surface area contributed by atoms with Gasteiger partial charge in [-0.2, -0.15) is 15.0 Å². The Morgan fingerprint density at radius 3 is 2.88 bits per heavy atom. The second-order valence-corrected chi connectivity index (χ2v) is 8.32. The minimum absolute atomic E-state index is 0.257. The van der Waals surface area contributed by atoms with Crippen LogP contribution in [-0.2, 0) is 19.6 Å². The summed E-state index contributed by atoms with van der Waals surface area (Å²) >= 11 is 0. The van der Waals surface area contributed by atoms with E-state index in [-0.39, 0.29) is 6.61 Å². The van der Waals surface area contributed by atoms with Crippen LogP contribution in [-0.4, -0.2) is 48.5 Å². The summed E-state index contributed by atoms with van der Waals surface area (Å²) in [5.41, 5.74) is 11.0. The van der Waals surface area contributed by atoms with Crippen LogP contribution < -0.4 is 15.8 Å². The Hall–Kier alpha value is -3.53. The number of aromatic amines is 1. The second kappa shape index (κ2) is 8.91. The number of nitrogens with one attached hydrogen (secondary N) is 2. The number of fused-ring (bicyclic) bond motifs is 1. The monoisotopic (exact) mass is 433 g/mol. The maximum atomic E-state index is 5.93. The molecule has 10 nitrogen and oxygen atoms in total. The standard InChI is InChI=1S/C22H27N9O/c1-14-18(13-32-19-11-20(23)25-22-21(19)26-30-27-22)29-31(28-14)12-17-4-2-3-16(10-17)9-15-5-7-24-8-6-15/h2-4,10-11,15,24H,5-9,12-13H2,1H3,(H3,23,25,26,27,30). The normalized spacial score (nSPS) is 14.8. The van der Waals surface area contributed by atoms with E-state index >= 15 is 0 Å². The number of nitrogens with zero attached hydrogens (tertiary/aromatic N) is 6. The number of nitrogens with two attached hydrogens (primary N) is 1. The largest absolute Gasteiger partial charge is 0.485 e. The first-order valence-corrected chi connectivity index (χ1v) is 10.9. The van der Waals surface area contributed by atoms with Crippen LogP contribution in [0.15, 0.2) is 30.3 Å². The van der Waals surface area contributed by atoms with Gasteiger partial charge in [0.1, 0.15) is 18.1 Å². The van der Waals surface area contributed by atoms with Crippen LogP contribution in [0.25, 0.3) is 11.2 Å². The predicted octanol–water partition coefficient (Wildman–Crippen LogP) is 2.00. The van der Waals surface area contributed by atoms with Crippen molar-refractivity contribution in [2.45, 2.75) is 39.3 Å². The molecule has 0 atom stereocenters. The number of anilines is 1. The van der Waals surface area contributed by atoms with Crippen LogP contribution in [0.4, 0.5) is 5.82 Å². The third-order valence-electron chi connectivity index (χ3n) is 5.87. The fraction of sp³-hybridized carbons (Fsp3) is 0.409. The number of ether oxygens (including phenoxy) is 1. The number of pyridine rings is 1. The lowest BCUT2D eigenvalue weighted by Crippen LogP contribution is -2.28. The van der Waals surface area contributed by atoms with E-state index in [0.717, 1.165) is 36.8 Å². The van der Waals surface area contributed by atoms with Crippen LogP contribution in [0.2, 0.25) is 0 Å². The van der Waals surface area contributed by atoms with Gasteiger partial charge in [-0.15, -0.1) is 5.10 Å². The van der Waals surface area contributed by atoms with Crippen molar-refractivity contribution in [3.8, 4) is 5.75 Å². The number of benzene rings is 1. The quantitative estimate of drug-likeness (QED) is 0.403. The lowest BCUT2D eigenvalue weighted by Gasteiger charge is -2.22. The third-order valence-corrected chi connectivity index (χ3v) is 5.87. The molecule has 4 heterocycles. The molecule has 1 saturated heterocycles. The molecule has 0 bridgehead atoms. The van der Waals surface area contributed by atoms with E-state index in [1.807, 2.05) is 6.92 Å². The SMILES string of the molecule is Cc1nn(Cc2cccc(CC3CCNCC3)c2)nc1COc1cc(N)nc2[nH]nnc12. The molecule has 0 unspecified atom stereocenters. The number of piperidine rings is 1. The zero-order chi connectivity index (χ0) is 21.9. The minimum Gasteiger partial charge on any atom is -0.485 e. The number of aromatic nitrogens is 7. The maximum absolute atomic E-state index is 5.93. The van der Waals surface area contributed by atoms with Crippen LogP contribution in [0.1, 0.15) is 35.4 Å². The van der Waals surface area contributed by atoms with E-state index in [2.05, 4.69) is 60.2 Å². The molecule has 0 saturated carbocycles. The van der Waals surface area contributed by atoms with Gasteiger partial charge in [0.2, 0.25) is 0 Å². The van der Waals surface area contributed by atoms with Gasteiger partial charge in [-0.25, -0.2) is 10.1 Å². The van der Waals surface area contributed by atoms with Gasteiger partial charge in [-0.1, -0.05) is 29.5 Å². The summed E-state index contributed by atoms with van der Waals surface area (Å²) in [6.07, 6.45) is 3.63. The number of hydrogen-bond donors (Lipinski definition) is 3. The van der Waals surface area contributed by atoms with Crippen LogP contribution in [0.3, 0.4) is 0 Å². The first-order valence-electron chi connectivity index (χ1n) is 10.9. The van der Waals surface area contributed by atoms with Gasteiger partial charge in [0, 0.05) is 6.07 Å². The highest BCUT2D eigenvalue weighted by Gasteiger charge is 2.15. The summed E-state index contributed by atoms with van der Waals surface area (Å²) in [5, 5.41) is 23.1. The van der Waals surface area contributed by atoms with E-state index in [4.69, 9.17) is 10.5 Å². The average Bonchev–Trinajstić information content (AvgIpc) is 3.39. The van der Waals surface area contributed by atoms with Gasteiger partial charge < -0.3 is 15.8 Å². The van der Waals surface area contributed by atoms with Crippen molar-refractivity contribution < 1.29 is 4.74 Å². The lowest BCUT2D eigenvalue weighted by molar-refractivity contribution is 0.302. The van der Waals surface area contributed by atoms with Gasteiger partial charge >= 0.3 is 0 Å². The number of rotatable bonds is 7. The Bertz CT molecular complexity index is 1210.